The zero-order chi connectivity index (χ0) is 14.4. The topological polar surface area (TPSA) is 43.8 Å². The molecule has 0 aliphatic carbocycles. The highest BCUT2D eigenvalue weighted by Crippen LogP contribution is 2.26. The predicted octanol–water partition coefficient (Wildman–Crippen LogP) is 2.15. The number of anilines is 1. The Kier molecular flexibility index (Phi) is 5.68. The van der Waals surface area contributed by atoms with E-state index < -0.39 is 0 Å². The lowest BCUT2D eigenvalue weighted by atomic mass is 10.2. The van der Waals surface area contributed by atoms with Gasteiger partial charge >= 0.3 is 0 Å². The number of unbranched alkanes of at least 4 members (excludes halogenated alkanes) is 1. The molecule has 0 atom stereocenters. The molecule has 0 aromatic heterocycles. The molecule has 0 unspecified atom stereocenters. The molecule has 1 aliphatic heterocycles. The summed E-state index contributed by atoms with van der Waals surface area (Å²) in [4.78, 5) is 16.1. The summed E-state index contributed by atoms with van der Waals surface area (Å²) in [6.07, 6.45) is 2.00. The number of hydrogen-bond donors (Lipinski definition) is 1. The van der Waals surface area contributed by atoms with Crippen molar-refractivity contribution in [2.75, 3.05) is 37.7 Å². The van der Waals surface area contributed by atoms with E-state index >= 15 is 0 Å². The fourth-order valence-electron chi connectivity index (χ4n) is 2.45. The van der Waals surface area contributed by atoms with Gasteiger partial charge in [0.15, 0.2) is 0 Å². The van der Waals surface area contributed by atoms with Crippen LogP contribution >= 0.6 is 11.6 Å². The van der Waals surface area contributed by atoms with Crippen LogP contribution in [0, 0.1) is 0 Å². The third kappa shape index (κ3) is 3.87. The van der Waals surface area contributed by atoms with Gasteiger partial charge in [0.05, 0.1) is 10.7 Å². The molecular formula is C15H21ClN2O2. The van der Waals surface area contributed by atoms with Crippen LogP contribution in [0.15, 0.2) is 24.3 Å². The Labute approximate surface area is 124 Å². The smallest absolute Gasteiger partial charge is 0.222 e. The first kappa shape index (κ1) is 15.1. The number of benzene rings is 1. The maximum absolute atomic E-state index is 12.0. The average molecular weight is 297 g/mol. The van der Waals surface area contributed by atoms with Gasteiger partial charge in [0.1, 0.15) is 0 Å². The molecule has 1 fully saturated rings. The number of carbonyl (C=O) groups excluding carboxylic acids is 1. The van der Waals surface area contributed by atoms with Gasteiger partial charge in [-0.05, 0) is 25.0 Å². The Morgan fingerprint density at radius 3 is 2.50 bits per heavy atom. The van der Waals surface area contributed by atoms with Gasteiger partial charge in [0.25, 0.3) is 0 Å². The van der Waals surface area contributed by atoms with E-state index in [9.17, 15) is 4.79 Å². The highest BCUT2D eigenvalue weighted by atomic mass is 35.5. The Balaban J connectivity index is 1.83. The Morgan fingerprint density at radius 2 is 1.85 bits per heavy atom. The molecule has 110 valence electrons. The van der Waals surface area contributed by atoms with E-state index in [0.29, 0.717) is 12.8 Å². The fourth-order valence-corrected chi connectivity index (χ4v) is 2.71. The van der Waals surface area contributed by atoms with Crippen molar-refractivity contribution in [2.45, 2.75) is 19.3 Å². The third-order valence-electron chi connectivity index (χ3n) is 3.62. The van der Waals surface area contributed by atoms with Crippen LogP contribution in [0.3, 0.4) is 0 Å². The van der Waals surface area contributed by atoms with Crippen molar-refractivity contribution < 1.29 is 9.90 Å². The lowest BCUT2D eigenvalue weighted by Gasteiger charge is -2.36. The summed E-state index contributed by atoms with van der Waals surface area (Å²) < 4.78 is 0. The summed E-state index contributed by atoms with van der Waals surface area (Å²) in [6.45, 7) is 3.27. The summed E-state index contributed by atoms with van der Waals surface area (Å²) in [7, 11) is 0. The zero-order valence-corrected chi connectivity index (χ0v) is 12.4. The first-order valence-electron chi connectivity index (χ1n) is 7.10. The molecule has 0 saturated carbocycles. The van der Waals surface area contributed by atoms with Crippen LogP contribution in [0.1, 0.15) is 19.3 Å². The van der Waals surface area contributed by atoms with Gasteiger partial charge in [0.2, 0.25) is 5.91 Å². The molecule has 20 heavy (non-hydrogen) atoms. The molecular weight excluding hydrogens is 276 g/mol. The van der Waals surface area contributed by atoms with Gasteiger partial charge in [-0.2, -0.15) is 0 Å². The maximum Gasteiger partial charge on any atom is 0.222 e. The fraction of sp³-hybridized carbons (Fsp3) is 0.533. The lowest BCUT2D eigenvalue weighted by Crippen LogP contribution is -2.48. The highest BCUT2D eigenvalue weighted by molar-refractivity contribution is 6.33. The lowest BCUT2D eigenvalue weighted by molar-refractivity contribution is -0.131. The minimum absolute atomic E-state index is 0.160. The Morgan fingerprint density at radius 1 is 1.15 bits per heavy atom. The number of nitrogens with zero attached hydrogens (tertiary/aromatic N) is 2. The molecule has 1 saturated heterocycles. The molecule has 0 spiro atoms. The molecule has 1 amide bonds. The number of amides is 1. The molecule has 0 bridgehead atoms. The van der Waals surface area contributed by atoms with E-state index in [1.807, 2.05) is 29.2 Å². The molecule has 2 rings (SSSR count). The highest BCUT2D eigenvalue weighted by Gasteiger charge is 2.21. The number of aliphatic hydroxyl groups is 1. The second-order valence-corrected chi connectivity index (χ2v) is 5.41. The van der Waals surface area contributed by atoms with Crippen molar-refractivity contribution in [1.82, 2.24) is 4.90 Å². The summed E-state index contributed by atoms with van der Waals surface area (Å²) in [5, 5.41) is 9.49. The number of halogens is 1. The summed E-state index contributed by atoms with van der Waals surface area (Å²) in [5.41, 5.74) is 1.04. The number of para-hydroxylation sites is 1. The van der Waals surface area contributed by atoms with Crippen LogP contribution in [0.4, 0.5) is 5.69 Å². The number of piperazine rings is 1. The standard InChI is InChI=1S/C15H21ClN2O2/c16-13-5-1-2-6-14(13)17-8-10-18(11-9-17)15(20)7-3-4-12-19/h1-2,5-6,19H,3-4,7-12H2. The minimum atomic E-state index is 0.160. The monoisotopic (exact) mass is 296 g/mol. The summed E-state index contributed by atoms with van der Waals surface area (Å²) in [6, 6.07) is 7.81. The van der Waals surface area contributed by atoms with Crippen molar-refractivity contribution in [3.63, 3.8) is 0 Å². The third-order valence-corrected chi connectivity index (χ3v) is 3.94. The van der Waals surface area contributed by atoms with Crippen LogP contribution in [0.25, 0.3) is 0 Å². The van der Waals surface area contributed by atoms with Crippen molar-refractivity contribution in [3.8, 4) is 0 Å². The number of aliphatic hydroxyl groups excluding tert-OH is 1. The molecule has 1 aliphatic rings. The van der Waals surface area contributed by atoms with E-state index in [1.165, 1.54) is 0 Å². The van der Waals surface area contributed by atoms with Gasteiger partial charge in [-0.25, -0.2) is 0 Å². The van der Waals surface area contributed by atoms with Crippen LogP contribution in [0.2, 0.25) is 5.02 Å². The Hall–Kier alpha value is -1.26. The number of rotatable bonds is 5. The van der Waals surface area contributed by atoms with Gasteiger partial charge < -0.3 is 14.9 Å². The van der Waals surface area contributed by atoms with E-state index in [0.717, 1.165) is 43.3 Å². The van der Waals surface area contributed by atoms with Crippen molar-refractivity contribution >= 4 is 23.2 Å². The van der Waals surface area contributed by atoms with Gasteiger partial charge in [-0.1, -0.05) is 23.7 Å². The van der Waals surface area contributed by atoms with E-state index in [2.05, 4.69) is 4.90 Å². The summed E-state index contributed by atoms with van der Waals surface area (Å²) in [5.74, 6) is 0.192. The van der Waals surface area contributed by atoms with Crippen LogP contribution in [-0.4, -0.2) is 48.7 Å². The minimum Gasteiger partial charge on any atom is -0.396 e. The van der Waals surface area contributed by atoms with Crippen molar-refractivity contribution in [3.05, 3.63) is 29.3 Å². The van der Waals surface area contributed by atoms with Gasteiger partial charge in [-0.3, -0.25) is 4.79 Å². The molecule has 4 nitrogen and oxygen atoms in total. The average Bonchev–Trinajstić information content (AvgIpc) is 2.48. The molecule has 1 aromatic rings. The predicted molar refractivity (Wildman–Crippen MR) is 81.2 cm³/mol. The van der Waals surface area contributed by atoms with Crippen LogP contribution in [0.5, 0.6) is 0 Å². The first-order valence-corrected chi connectivity index (χ1v) is 7.48. The first-order chi connectivity index (χ1) is 9.72. The Bertz CT molecular complexity index is 445. The van der Waals surface area contributed by atoms with Crippen molar-refractivity contribution in [2.24, 2.45) is 0 Å². The molecule has 1 N–H and O–H groups in total. The zero-order valence-electron chi connectivity index (χ0n) is 11.6. The second-order valence-electron chi connectivity index (χ2n) is 5.00. The SMILES string of the molecule is O=C(CCCCO)N1CCN(c2ccccc2Cl)CC1. The second kappa shape index (κ2) is 7.50. The van der Waals surface area contributed by atoms with Crippen LogP contribution < -0.4 is 4.90 Å². The maximum atomic E-state index is 12.0. The van der Waals surface area contributed by atoms with E-state index in [1.54, 1.807) is 0 Å². The van der Waals surface area contributed by atoms with Gasteiger partial charge in [0, 0.05) is 39.2 Å². The molecule has 1 heterocycles. The normalized spacial score (nSPS) is 15.5. The van der Waals surface area contributed by atoms with Crippen LogP contribution in [-0.2, 0) is 4.79 Å². The molecule has 0 radical (unpaired) electrons. The van der Waals surface area contributed by atoms with Gasteiger partial charge in [-0.15, -0.1) is 0 Å². The van der Waals surface area contributed by atoms with E-state index in [-0.39, 0.29) is 12.5 Å². The summed E-state index contributed by atoms with van der Waals surface area (Å²) >= 11 is 6.20. The molecule has 5 heteroatoms. The molecule has 1 aromatic carbocycles. The quantitative estimate of drug-likeness (QED) is 0.847. The van der Waals surface area contributed by atoms with Crippen molar-refractivity contribution in [1.29, 1.82) is 0 Å². The largest absolute Gasteiger partial charge is 0.396 e. The van der Waals surface area contributed by atoms with E-state index in [4.69, 9.17) is 16.7 Å². The number of carbonyl (C=O) groups is 1. The number of hydrogen-bond acceptors (Lipinski definition) is 3.